The van der Waals surface area contributed by atoms with Crippen molar-refractivity contribution >= 4 is 11.0 Å². The van der Waals surface area contributed by atoms with E-state index < -0.39 is 6.36 Å². The third-order valence-electron chi connectivity index (χ3n) is 4.09. The Balaban J connectivity index is 1.55. The molecule has 0 aliphatic heterocycles. The van der Waals surface area contributed by atoms with Gasteiger partial charge < -0.3 is 18.7 Å². The third-order valence-corrected chi connectivity index (χ3v) is 4.09. The maximum Gasteiger partial charge on any atom is 0.573 e. The molecular weight excluding hydrogens is 403 g/mol. The highest BCUT2D eigenvalue weighted by Crippen LogP contribution is 2.32. The molecule has 0 fully saturated rings. The molecule has 0 saturated carbocycles. The van der Waals surface area contributed by atoms with Crippen molar-refractivity contribution in [2.24, 2.45) is 0 Å². The summed E-state index contributed by atoms with van der Waals surface area (Å²) in [6, 6.07) is 12.4. The molecule has 4 aromatic rings. The van der Waals surface area contributed by atoms with Gasteiger partial charge in [-0.25, -0.2) is 4.98 Å². The summed E-state index contributed by atoms with van der Waals surface area (Å²) in [5.41, 5.74) is 1.93. The van der Waals surface area contributed by atoms with Gasteiger partial charge in [-0.1, -0.05) is 18.2 Å². The third kappa shape index (κ3) is 4.43. The SMILES string of the molecule is COc1ccnc(COc2noc3ccc(-c4ccc(OC(F)(F)F)cc4)cc23)n1. The monoisotopic (exact) mass is 417 g/mol. The van der Waals surface area contributed by atoms with Crippen molar-refractivity contribution in [1.29, 1.82) is 0 Å². The van der Waals surface area contributed by atoms with Crippen molar-refractivity contribution in [3.05, 3.63) is 60.6 Å². The summed E-state index contributed by atoms with van der Waals surface area (Å²) in [6.45, 7) is 0.0482. The predicted octanol–water partition coefficient (Wildman–Crippen LogP) is 4.77. The second kappa shape index (κ2) is 7.90. The van der Waals surface area contributed by atoms with Gasteiger partial charge in [0.15, 0.2) is 11.4 Å². The largest absolute Gasteiger partial charge is 0.573 e. The van der Waals surface area contributed by atoms with Gasteiger partial charge in [-0.3, -0.25) is 0 Å². The topological polar surface area (TPSA) is 79.5 Å². The Kier molecular flexibility index (Phi) is 5.13. The number of ether oxygens (including phenoxy) is 3. The zero-order valence-corrected chi connectivity index (χ0v) is 15.5. The minimum Gasteiger partial charge on any atom is -0.481 e. The fourth-order valence-corrected chi connectivity index (χ4v) is 2.75. The summed E-state index contributed by atoms with van der Waals surface area (Å²) in [5, 5.41) is 4.52. The van der Waals surface area contributed by atoms with Crippen LogP contribution in [0, 0.1) is 0 Å². The van der Waals surface area contributed by atoms with Gasteiger partial charge in [0.25, 0.3) is 5.88 Å². The Morgan fingerprint density at radius 2 is 1.77 bits per heavy atom. The van der Waals surface area contributed by atoms with E-state index >= 15 is 0 Å². The molecule has 2 aromatic carbocycles. The second-order valence-electron chi connectivity index (χ2n) is 6.07. The first-order valence-corrected chi connectivity index (χ1v) is 8.65. The van der Waals surface area contributed by atoms with Crippen LogP contribution >= 0.6 is 0 Å². The molecule has 4 rings (SSSR count). The van der Waals surface area contributed by atoms with Crippen molar-refractivity contribution in [3.63, 3.8) is 0 Å². The highest BCUT2D eigenvalue weighted by atomic mass is 19.4. The molecule has 154 valence electrons. The van der Waals surface area contributed by atoms with Crippen LogP contribution in [0.2, 0.25) is 0 Å². The van der Waals surface area contributed by atoms with E-state index in [0.717, 1.165) is 5.56 Å². The fraction of sp³-hybridized carbons (Fsp3) is 0.150. The summed E-state index contributed by atoms with van der Waals surface area (Å²) in [4.78, 5) is 8.26. The van der Waals surface area contributed by atoms with Crippen LogP contribution in [0.5, 0.6) is 17.5 Å². The summed E-state index contributed by atoms with van der Waals surface area (Å²) < 4.78 is 56.8. The molecule has 2 aromatic heterocycles. The second-order valence-corrected chi connectivity index (χ2v) is 6.07. The van der Waals surface area contributed by atoms with Gasteiger partial charge in [0.05, 0.1) is 12.5 Å². The molecule has 0 aliphatic carbocycles. The molecular formula is C20H14F3N3O4. The van der Waals surface area contributed by atoms with Gasteiger partial charge in [0, 0.05) is 12.3 Å². The number of hydrogen-bond acceptors (Lipinski definition) is 7. The lowest BCUT2D eigenvalue weighted by Crippen LogP contribution is -2.16. The summed E-state index contributed by atoms with van der Waals surface area (Å²) in [7, 11) is 1.50. The average Bonchev–Trinajstić information content (AvgIpc) is 3.14. The molecule has 0 amide bonds. The maximum atomic E-state index is 12.3. The minimum atomic E-state index is -4.73. The standard InChI is InChI=1S/C20H14F3N3O4/c1-27-18-8-9-24-17(25-18)11-28-19-15-10-13(4-7-16(15)30-26-19)12-2-5-14(6-3-12)29-20(21,22)23/h2-10H,11H2,1H3. The average molecular weight is 417 g/mol. The summed E-state index contributed by atoms with van der Waals surface area (Å²) in [5.74, 6) is 0.769. The molecule has 0 spiro atoms. The van der Waals surface area contributed by atoms with Crippen LogP contribution in [0.1, 0.15) is 5.82 Å². The predicted molar refractivity (Wildman–Crippen MR) is 99.0 cm³/mol. The first-order chi connectivity index (χ1) is 14.4. The molecule has 0 atom stereocenters. The smallest absolute Gasteiger partial charge is 0.481 e. The lowest BCUT2D eigenvalue weighted by molar-refractivity contribution is -0.274. The van der Waals surface area contributed by atoms with Crippen LogP contribution in [0.4, 0.5) is 13.2 Å². The highest BCUT2D eigenvalue weighted by molar-refractivity contribution is 5.87. The number of hydrogen-bond donors (Lipinski definition) is 0. The van der Waals surface area contributed by atoms with Crippen molar-refractivity contribution in [3.8, 4) is 28.6 Å². The van der Waals surface area contributed by atoms with E-state index in [9.17, 15) is 13.2 Å². The quantitative estimate of drug-likeness (QED) is 0.447. The fourth-order valence-electron chi connectivity index (χ4n) is 2.75. The lowest BCUT2D eigenvalue weighted by atomic mass is 10.0. The molecule has 0 radical (unpaired) electrons. The van der Waals surface area contributed by atoms with Crippen molar-refractivity contribution < 1.29 is 31.9 Å². The number of nitrogens with zero attached hydrogens (tertiary/aromatic N) is 3. The van der Waals surface area contributed by atoms with Crippen LogP contribution in [0.15, 0.2) is 59.3 Å². The minimum absolute atomic E-state index is 0.0482. The number of rotatable bonds is 6. The Labute approximate surface area is 168 Å². The number of benzene rings is 2. The van der Waals surface area contributed by atoms with Crippen LogP contribution in [0.25, 0.3) is 22.1 Å². The van der Waals surface area contributed by atoms with Gasteiger partial charge in [-0.2, -0.15) is 4.98 Å². The van der Waals surface area contributed by atoms with E-state index in [0.29, 0.717) is 28.2 Å². The number of fused-ring (bicyclic) bond motifs is 1. The molecule has 10 heteroatoms. The van der Waals surface area contributed by atoms with E-state index in [1.807, 2.05) is 0 Å². The van der Waals surface area contributed by atoms with E-state index in [-0.39, 0.29) is 18.2 Å². The number of methoxy groups -OCH3 is 1. The number of aromatic nitrogens is 3. The first kappa shape index (κ1) is 19.5. The van der Waals surface area contributed by atoms with E-state index in [2.05, 4.69) is 19.9 Å². The van der Waals surface area contributed by atoms with Gasteiger partial charge in [0.1, 0.15) is 12.4 Å². The summed E-state index contributed by atoms with van der Waals surface area (Å²) >= 11 is 0. The molecule has 30 heavy (non-hydrogen) atoms. The van der Waals surface area contributed by atoms with Gasteiger partial charge in [0.2, 0.25) is 5.88 Å². The van der Waals surface area contributed by atoms with Crippen LogP contribution in [-0.4, -0.2) is 28.6 Å². The van der Waals surface area contributed by atoms with Crippen LogP contribution in [-0.2, 0) is 6.61 Å². The Morgan fingerprint density at radius 1 is 1.00 bits per heavy atom. The van der Waals surface area contributed by atoms with E-state index in [1.54, 1.807) is 30.5 Å². The molecule has 7 nitrogen and oxygen atoms in total. The zero-order chi connectivity index (χ0) is 21.1. The lowest BCUT2D eigenvalue weighted by Gasteiger charge is -2.09. The molecule has 0 bridgehead atoms. The zero-order valence-electron chi connectivity index (χ0n) is 15.5. The van der Waals surface area contributed by atoms with Crippen LogP contribution in [0.3, 0.4) is 0 Å². The van der Waals surface area contributed by atoms with E-state index in [4.69, 9.17) is 14.0 Å². The molecule has 2 heterocycles. The Morgan fingerprint density at radius 3 is 2.50 bits per heavy atom. The number of halogens is 3. The van der Waals surface area contributed by atoms with Crippen molar-refractivity contribution in [1.82, 2.24) is 15.1 Å². The molecule has 0 aliphatic rings. The number of alkyl halides is 3. The Hall–Kier alpha value is -3.82. The first-order valence-electron chi connectivity index (χ1n) is 8.65. The van der Waals surface area contributed by atoms with E-state index in [1.165, 1.54) is 31.4 Å². The summed E-state index contributed by atoms with van der Waals surface area (Å²) in [6.07, 6.45) is -3.18. The maximum absolute atomic E-state index is 12.3. The highest BCUT2D eigenvalue weighted by Gasteiger charge is 2.31. The van der Waals surface area contributed by atoms with Crippen molar-refractivity contribution in [2.45, 2.75) is 13.0 Å². The molecule has 0 unspecified atom stereocenters. The van der Waals surface area contributed by atoms with Crippen LogP contribution < -0.4 is 14.2 Å². The van der Waals surface area contributed by atoms with Crippen molar-refractivity contribution in [2.75, 3.05) is 7.11 Å². The normalized spacial score (nSPS) is 11.5. The Bertz CT molecular complexity index is 1160. The molecule has 0 N–H and O–H groups in total. The van der Waals surface area contributed by atoms with Gasteiger partial charge in [-0.05, 0) is 40.5 Å². The van der Waals surface area contributed by atoms with Gasteiger partial charge in [-0.15, -0.1) is 13.2 Å². The van der Waals surface area contributed by atoms with Gasteiger partial charge >= 0.3 is 6.36 Å². The molecule has 0 saturated heterocycles.